The van der Waals surface area contributed by atoms with Crippen molar-refractivity contribution in [3.63, 3.8) is 0 Å². The smallest absolute Gasteiger partial charge is 0.379 e. The largest absolute Gasteiger partial charge is 0.428 e. The maximum Gasteiger partial charge on any atom is 0.428 e. The van der Waals surface area contributed by atoms with Crippen LogP contribution in [0, 0.1) is 0 Å². The molecule has 35 heavy (non-hydrogen) atoms. The second-order valence-corrected chi connectivity index (χ2v) is 7.92. The molecule has 1 unspecified atom stereocenters. The molecule has 0 bridgehead atoms. The molecule has 2 aliphatic rings. The van der Waals surface area contributed by atoms with E-state index in [1.54, 1.807) is 6.07 Å². The van der Waals surface area contributed by atoms with Crippen molar-refractivity contribution in [3.05, 3.63) is 24.3 Å². The number of para-hydroxylation sites is 2. The summed E-state index contributed by atoms with van der Waals surface area (Å²) in [5.74, 6) is -29.6. The maximum atomic E-state index is 14.5. The number of nitrogens with zero attached hydrogens (tertiary/aromatic N) is 3. The number of hydrogen-bond donors (Lipinski definition) is 1. The molecule has 2 aromatic rings. The summed E-state index contributed by atoms with van der Waals surface area (Å²) in [6.07, 6.45) is -6.32. The van der Waals surface area contributed by atoms with E-state index in [9.17, 15) is 44.3 Å². The van der Waals surface area contributed by atoms with Crippen molar-refractivity contribution in [2.24, 2.45) is 0 Å². The molecule has 1 amide bonds. The number of carbonyl (C=O) groups is 1. The van der Waals surface area contributed by atoms with Gasteiger partial charge in [-0.05, 0) is 12.1 Å². The Morgan fingerprint density at radius 2 is 1.63 bits per heavy atom. The summed E-state index contributed by atoms with van der Waals surface area (Å²) in [6, 6.07) is 5.96. The normalized spacial score (nSPS) is 26.2. The van der Waals surface area contributed by atoms with Gasteiger partial charge in [0.2, 0.25) is 5.95 Å². The summed E-state index contributed by atoms with van der Waals surface area (Å²) in [5.41, 5.74) is 0.457. The minimum Gasteiger partial charge on any atom is -0.379 e. The maximum absolute atomic E-state index is 14.5. The number of amides is 1. The van der Waals surface area contributed by atoms with Crippen molar-refractivity contribution < 1.29 is 53.8 Å². The van der Waals surface area contributed by atoms with E-state index in [-0.39, 0.29) is 12.1 Å². The van der Waals surface area contributed by atoms with Crippen LogP contribution in [0.4, 0.5) is 45.5 Å². The van der Waals surface area contributed by atoms with Gasteiger partial charge in [-0.2, -0.15) is 39.5 Å². The fourth-order valence-corrected chi connectivity index (χ4v) is 3.74. The number of halogens is 9. The van der Waals surface area contributed by atoms with E-state index in [1.807, 2.05) is 4.90 Å². The van der Waals surface area contributed by atoms with Crippen LogP contribution in [-0.2, 0) is 20.8 Å². The van der Waals surface area contributed by atoms with Gasteiger partial charge in [0.15, 0.2) is 0 Å². The number of aromatic nitrogens is 2. The molecule has 1 aromatic carbocycles. The Labute approximate surface area is 190 Å². The lowest BCUT2D eigenvalue weighted by atomic mass is 9.99. The van der Waals surface area contributed by atoms with E-state index in [1.165, 1.54) is 28.1 Å². The number of benzene rings is 1. The van der Waals surface area contributed by atoms with E-state index < -0.39 is 41.6 Å². The first kappa shape index (κ1) is 25.5. The first-order chi connectivity index (χ1) is 16.2. The second kappa shape index (κ2) is 8.23. The van der Waals surface area contributed by atoms with Crippen LogP contribution >= 0.6 is 0 Å². The number of morpholine rings is 1. The van der Waals surface area contributed by atoms with Crippen LogP contribution in [0.15, 0.2) is 24.3 Å². The Kier molecular flexibility index (Phi) is 6.00. The van der Waals surface area contributed by atoms with Crippen LogP contribution in [0.3, 0.4) is 0 Å². The topological polar surface area (TPSA) is 68.6 Å². The van der Waals surface area contributed by atoms with Crippen LogP contribution in [-0.4, -0.2) is 82.9 Å². The van der Waals surface area contributed by atoms with Crippen LogP contribution in [0.5, 0.6) is 0 Å². The van der Waals surface area contributed by atoms with E-state index in [2.05, 4.69) is 9.72 Å². The van der Waals surface area contributed by atoms with Crippen molar-refractivity contribution in [2.45, 2.75) is 36.3 Å². The Bertz CT molecular complexity index is 1120. The molecule has 1 atom stereocenters. The highest BCUT2D eigenvalue weighted by Crippen LogP contribution is 2.64. The number of fused-ring (bicyclic) bond motifs is 1. The number of carbonyl (C=O) groups excluding carboxylic acids is 1. The van der Waals surface area contributed by atoms with Crippen LogP contribution in [0.25, 0.3) is 11.0 Å². The van der Waals surface area contributed by atoms with Gasteiger partial charge in [0.25, 0.3) is 0 Å². The molecule has 7 nitrogen and oxygen atoms in total. The monoisotopic (exact) mass is 520 g/mol. The van der Waals surface area contributed by atoms with Crippen molar-refractivity contribution in [1.29, 1.82) is 0 Å². The molecule has 194 valence electrons. The van der Waals surface area contributed by atoms with Gasteiger partial charge in [0.1, 0.15) is 0 Å². The van der Waals surface area contributed by atoms with Gasteiger partial charge in [0.05, 0.1) is 24.2 Å². The van der Waals surface area contributed by atoms with E-state index in [0.29, 0.717) is 38.4 Å². The standard InChI is InChI=1S/C19H17F9N4O3/c20-15(21,18(26)16(22,23)17(24,25)19(27,28)35-18)13(33)30-14-29-11-3-1-2-4-12(11)32(14)6-5-31-7-9-34-10-8-31/h1-4H,5-10H2,(H,29,30,33). The number of imidazole rings is 1. The predicted molar refractivity (Wildman–Crippen MR) is 100 cm³/mol. The fraction of sp³-hybridized carbons (Fsp3) is 0.579. The van der Waals surface area contributed by atoms with Crippen molar-refractivity contribution in [1.82, 2.24) is 14.5 Å². The summed E-state index contributed by atoms with van der Waals surface area (Å²) in [4.78, 5) is 18.0. The first-order valence-corrected chi connectivity index (χ1v) is 10.1. The van der Waals surface area contributed by atoms with Crippen LogP contribution < -0.4 is 5.32 Å². The van der Waals surface area contributed by atoms with Crippen molar-refractivity contribution >= 4 is 22.9 Å². The molecule has 2 saturated heterocycles. The zero-order chi connectivity index (χ0) is 25.9. The molecule has 2 fully saturated rings. The van der Waals surface area contributed by atoms with Crippen molar-refractivity contribution in [3.8, 4) is 0 Å². The lowest BCUT2D eigenvalue weighted by Gasteiger charge is -2.31. The molecular weight excluding hydrogens is 503 g/mol. The summed E-state index contributed by atoms with van der Waals surface area (Å²) >= 11 is 0. The van der Waals surface area contributed by atoms with Gasteiger partial charge < -0.3 is 9.30 Å². The van der Waals surface area contributed by atoms with Gasteiger partial charge in [-0.15, -0.1) is 0 Å². The first-order valence-electron chi connectivity index (χ1n) is 10.1. The van der Waals surface area contributed by atoms with Gasteiger partial charge in [-0.25, -0.2) is 4.98 Å². The summed E-state index contributed by atoms with van der Waals surface area (Å²) in [6.45, 7) is 2.25. The summed E-state index contributed by atoms with van der Waals surface area (Å²) < 4.78 is 133. The summed E-state index contributed by atoms with van der Waals surface area (Å²) in [5, 5.41) is 1.40. The third-order valence-electron chi connectivity index (χ3n) is 5.74. The molecule has 1 N–H and O–H groups in total. The fourth-order valence-electron chi connectivity index (χ4n) is 3.74. The second-order valence-electron chi connectivity index (χ2n) is 7.92. The Morgan fingerprint density at radius 1 is 1.00 bits per heavy atom. The van der Waals surface area contributed by atoms with Gasteiger partial charge >= 0.3 is 35.6 Å². The Balaban J connectivity index is 1.64. The summed E-state index contributed by atoms with van der Waals surface area (Å²) in [7, 11) is 0. The molecule has 0 aliphatic carbocycles. The van der Waals surface area contributed by atoms with Crippen molar-refractivity contribution in [2.75, 3.05) is 38.2 Å². The number of nitrogens with one attached hydrogen (secondary N) is 1. The number of ether oxygens (including phenoxy) is 2. The van der Waals surface area contributed by atoms with Crippen LogP contribution in [0.1, 0.15) is 0 Å². The molecule has 4 rings (SSSR count). The molecule has 1 aromatic heterocycles. The molecule has 3 heterocycles. The average Bonchev–Trinajstić information content (AvgIpc) is 3.18. The third kappa shape index (κ3) is 3.72. The number of anilines is 1. The highest BCUT2D eigenvalue weighted by molar-refractivity contribution is 5.97. The van der Waals surface area contributed by atoms with Gasteiger partial charge in [0, 0.05) is 26.2 Å². The lowest BCUT2D eigenvalue weighted by molar-refractivity contribution is -0.366. The SMILES string of the molecule is O=C(Nc1nc2ccccc2n1CCN1CCOCC1)C(F)(F)C1(F)OC(F)(F)C(F)(F)C1(F)F. The zero-order valence-corrected chi connectivity index (χ0v) is 17.5. The quantitative estimate of drug-likeness (QED) is 0.591. The Morgan fingerprint density at radius 3 is 2.23 bits per heavy atom. The molecule has 0 radical (unpaired) electrons. The third-order valence-corrected chi connectivity index (χ3v) is 5.74. The zero-order valence-electron chi connectivity index (χ0n) is 17.5. The molecule has 0 spiro atoms. The molecule has 2 aliphatic heterocycles. The minimum atomic E-state index is -6.76. The highest BCUT2D eigenvalue weighted by atomic mass is 19.4. The van der Waals surface area contributed by atoms with E-state index in [4.69, 9.17) is 4.74 Å². The number of rotatable bonds is 6. The van der Waals surface area contributed by atoms with E-state index in [0.717, 1.165) is 0 Å². The molecule has 0 saturated carbocycles. The molecular formula is C19H17F9N4O3. The average molecular weight is 520 g/mol. The molecule has 16 heteroatoms. The highest BCUT2D eigenvalue weighted by Gasteiger charge is 2.96. The number of hydrogen-bond acceptors (Lipinski definition) is 5. The Hall–Kier alpha value is -2.59. The predicted octanol–water partition coefficient (Wildman–Crippen LogP) is 3.50. The lowest BCUT2D eigenvalue weighted by Crippen LogP contribution is -2.63. The van der Waals surface area contributed by atoms with Gasteiger partial charge in [-0.1, -0.05) is 12.1 Å². The van der Waals surface area contributed by atoms with E-state index >= 15 is 0 Å². The van der Waals surface area contributed by atoms with Crippen LogP contribution in [0.2, 0.25) is 0 Å². The number of alkyl halides is 9. The minimum absolute atomic E-state index is 0.0191. The van der Waals surface area contributed by atoms with Gasteiger partial charge in [-0.3, -0.25) is 19.7 Å².